The smallest absolute Gasteiger partial charge is 0.310 e. The highest BCUT2D eigenvalue weighted by atomic mass is 32.1. The number of likely N-dealkylation sites (N-methyl/N-ethyl adjacent to an activating group) is 1. The monoisotopic (exact) mass is 255 g/mol. The van der Waals surface area contributed by atoms with Crippen molar-refractivity contribution in [2.24, 2.45) is 5.92 Å². The molecule has 4 nitrogen and oxygen atoms in total. The fraction of sp³-hybridized carbons (Fsp3) is 0.583. The number of ether oxygens (including phenoxy) is 1. The van der Waals surface area contributed by atoms with Crippen LogP contribution >= 0.6 is 11.3 Å². The zero-order valence-corrected chi connectivity index (χ0v) is 10.9. The Hall–Kier alpha value is -0.910. The van der Waals surface area contributed by atoms with Gasteiger partial charge in [-0.3, -0.25) is 9.69 Å². The molecule has 1 aliphatic heterocycles. The standard InChI is InChI=1S/C12H17NO3S/c1-8-3-4-9(17-8)5-13(2)11-7-16-6-10(11)12(14)15/h3-4,10-11H,5-7H2,1-2H3,(H,14,15). The van der Waals surface area contributed by atoms with Crippen LogP contribution in [0.3, 0.4) is 0 Å². The van der Waals surface area contributed by atoms with Gasteiger partial charge >= 0.3 is 5.97 Å². The topological polar surface area (TPSA) is 49.8 Å². The van der Waals surface area contributed by atoms with Crippen molar-refractivity contribution in [3.05, 3.63) is 21.9 Å². The number of carbonyl (C=O) groups is 1. The van der Waals surface area contributed by atoms with Gasteiger partial charge in [0.05, 0.1) is 19.1 Å². The minimum Gasteiger partial charge on any atom is -0.481 e. The predicted molar refractivity (Wildman–Crippen MR) is 66.3 cm³/mol. The van der Waals surface area contributed by atoms with E-state index in [4.69, 9.17) is 9.84 Å². The van der Waals surface area contributed by atoms with E-state index < -0.39 is 11.9 Å². The molecule has 1 N–H and O–H groups in total. The molecule has 0 spiro atoms. The van der Waals surface area contributed by atoms with Crippen molar-refractivity contribution in [3.63, 3.8) is 0 Å². The summed E-state index contributed by atoms with van der Waals surface area (Å²) in [5, 5.41) is 9.10. The van der Waals surface area contributed by atoms with Crippen LogP contribution in [0.25, 0.3) is 0 Å². The van der Waals surface area contributed by atoms with Crippen molar-refractivity contribution in [1.29, 1.82) is 0 Å². The molecule has 17 heavy (non-hydrogen) atoms. The summed E-state index contributed by atoms with van der Waals surface area (Å²) in [6.07, 6.45) is 0. The molecule has 0 saturated carbocycles. The van der Waals surface area contributed by atoms with E-state index in [1.807, 2.05) is 7.05 Å². The van der Waals surface area contributed by atoms with Gasteiger partial charge in [-0.25, -0.2) is 0 Å². The van der Waals surface area contributed by atoms with Gasteiger partial charge in [0.2, 0.25) is 0 Å². The molecule has 2 heterocycles. The van der Waals surface area contributed by atoms with Crippen LogP contribution in [0.1, 0.15) is 9.75 Å². The Morgan fingerprint density at radius 2 is 2.35 bits per heavy atom. The number of hydrogen-bond acceptors (Lipinski definition) is 4. The van der Waals surface area contributed by atoms with E-state index in [0.717, 1.165) is 6.54 Å². The lowest BCUT2D eigenvalue weighted by Crippen LogP contribution is -2.40. The maximum absolute atomic E-state index is 11.1. The van der Waals surface area contributed by atoms with Crippen LogP contribution in [0.4, 0.5) is 0 Å². The van der Waals surface area contributed by atoms with Gasteiger partial charge in [-0.05, 0) is 26.1 Å². The number of aryl methyl sites for hydroxylation is 1. The molecule has 2 unspecified atom stereocenters. The summed E-state index contributed by atoms with van der Waals surface area (Å²) in [5.41, 5.74) is 0. The molecule has 0 aromatic carbocycles. The second-order valence-electron chi connectivity index (χ2n) is 4.48. The lowest BCUT2D eigenvalue weighted by atomic mass is 10.0. The number of hydrogen-bond donors (Lipinski definition) is 1. The Balaban J connectivity index is 1.99. The van der Waals surface area contributed by atoms with E-state index in [-0.39, 0.29) is 6.04 Å². The summed E-state index contributed by atoms with van der Waals surface area (Å²) in [5.74, 6) is -1.16. The van der Waals surface area contributed by atoms with Crippen LogP contribution in [-0.2, 0) is 16.1 Å². The summed E-state index contributed by atoms with van der Waals surface area (Å²) in [6.45, 7) is 3.70. The molecule has 5 heteroatoms. The number of aliphatic carboxylic acids is 1. The van der Waals surface area contributed by atoms with Crippen LogP contribution in [0.2, 0.25) is 0 Å². The number of nitrogens with zero attached hydrogens (tertiary/aromatic N) is 1. The largest absolute Gasteiger partial charge is 0.481 e. The highest BCUT2D eigenvalue weighted by Crippen LogP contribution is 2.23. The molecule has 94 valence electrons. The SMILES string of the molecule is Cc1ccc(CN(C)C2COCC2C(=O)O)s1. The molecule has 1 fully saturated rings. The minimum absolute atomic E-state index is 0.0186. The molecule has 0 aliphatic carbocycles. The Morgan fingerprint density at radius 3 is 2.94 bits per heavy atom. The Labute approximate surface area is 105 Å². The van der Waals surface area contributed by atoms with E-state index in [2.05, 4.69) is 24.0 Å². The van der Waals surface area contributed by atoms with Crippen molar-refractivity contribution >= 4 is 17.3 Å². The average molecular weight is 255 g/mol. The summed E-state index contributed by atoms with van der Waals surface area (Å²) in [4.78, 5) is 15.7. The summed E-state index contributed by atoms with van der Waals surface area (Å²) in [6, 6.07) is 4.17. The first-order chi connectivity index (χ1) is 8.08. The molecule has 0 bridgehead atoms. The van der Waals surface area contributed by atoms with E-state index in [0.29, 0.717) is 13.2 Å². The zero-order chi connectivity index (χ0) is 12.4. The second-order valence-corrected chi connectivity index (χ2v) is 5.85. The first-order valence-corrected chi connectivity index (χ1v) is 6.45. The molecule has 0 amide bonds. The van der Waals surface area contributed by atoms with Gasteiger partial charge in [-0.2, -0.15) is 0 Å². The quantitative estimate of drug-likeness (QED) is 0.887. The second kappa shape index (κ2) is 5.16. The van der Waals surface area contributed by atoms with Crippen molar-refractivity contribution in [3.8, 4) is 0 Å². The molecule has 0 radical (unpaired) electrons. The van der Waals surface area contributed by atoms with Gasteiger partial charge in [-0.15, -0.1) is 11.3 Å². The highest BCUT2D eigenvalue weighted by molar-refractivity contribution is 7.11. The van der Waals surface area contributed by atoms with E-state index >= 15 is 0 Å². The Bertz CT molecular complexity index is 404. The van der Waals surface area contributed by atoms with Crippen LogP contribution in [-0.4, -0.2) is 42.3 Å². The van der Waals surface area contributed by atoms with Crippen LogP contribution < -0.4 is 0 Å². The minimum atomic E-state index is -0.762. The molecule has 1 aromatic heterocycles. The predicted octanol–water partition coefficient (Wildman–Crippen LogP) is 1.59. The molecular formula is C12H17NO3S. The van der Waals surface area contributed by atoms with E-state index in [1.54, 1.807) is 11.3 Å². The average Bonchev–Trinajstić information content (AvgIpc) is 2.86. The van der Waals surface area contributed by atoms with Crippen LogP contribution in [0.15, 0.2) is 12.1 Å². The Morgan fingerprint density at radius 1 is 1.59 bits per heavy atom. The molecule has 2 atom stereocenters. The summed E-state index contributed by atoms with van der Waals surface area (Å²) < 4.78 is 5.28. The van der Waals surface area contributed by atoms with Gasteiger partial charge < -0.3 is 9.84 Å². The maximum Gasteiger partial charge on any atom is 0.310 e. The maximum atomic E-state index is 11.1. The van der Waals surface area contributed by atoms with Crippen molar-refractivity contribution in [2.75, 3.05) is 20.3 Å². The molecular weight excluding hydrogens is 238 g/mol. The van der Waals surface area contributed by atoms with E-state index in [9.17, 15) is 4.79 Å². The third kappa shape index (κ3) is 2.86. The van der Waals surface area contributed by atoms with Crippen molar-refractivity contribution in [2.45, 2.75) is 19.5 Å². The fourth-order valence-electron chi connectivity index (χ4n) is 2.15. The normalized spacial score (nSPS) is 24.4. The van der Waals surface area contributed by atoms with Gasteiger partial charge in [0, 0.05) is 22.3 Å². The van der Waals surface area contributed by atoms with Crippen LogP contribution in [0, 0.1) is 12.8 Å². The van der Waals surface area contributed by atoms with Crippen molar-refractivity contribution in [1.82, 2.24) is 4.90 Å². The zero-order valence-electron chi connectivity index (χ0n) is 10.0. The van der Waals surface area contributed by atoms with Gasteiger partial charge in [-0.1, -0.05) is 0 Å². The van der Waals surface area contributed by atoms with Crippen molar-refractivity contribution < 1.29 is 14.6 Å². The molecule has 1 aliphatic rings. The Kier molecular flexibility index (Phi) is 3.81. The first-order valence-electron chi connectivity index (χ1n) is 5.64. The lowest BCUT2D eigenvalue weighted by molar-refractivity contribution is -0.143. The fourth-order valence-corrected chi connectivity index (χ4v) is 3.10. The number of carboxylic acid groups (broad SMARTS) is 1. The lowest BCUT2D eigenvalue weighted by Gasteiger charge is -2.25. The van der Waals surface area contributed by atoms with Crippen LogP contribution in [0.5, 0.6) is 0 Å². The van der Waals surface area contributed by atoms with Gasteiger partial charge in [0.1, 0.15) is 0 Å². The number of carboxylic acids is 1. The van der Waals surface area contributed by atoms with E-state index in [1.165, 1.54) is 9.75 Å². The molecule has 1 aromatic rings. The highest BCUT2D eigenvalue weighted by Gasteiger charge is 2.36. The van der Waals surface area contributed by atoms with Gasteiger partial charge in [0.15, 0.2) is 0 Å². The summed E-state index contributed by atoms with van der Waals surface area (Å²) in [7, 11) is 1.96. The molecule has 1 saturated heterocycles. The third-order valence-electron chi connectivity index (χ3n) is 3.14. The van der Waals surface area contributed by atoms with Gasteiger partial charge in [0.25, 0.3) is 0 Å². The summed E-state index contributed by atoms with van der Waals surface area (Å²) >= 11 is 1.75. The third-order valence-corrected chi connectivity index (χ3v) is 4.12. The number of rotatable bonds is 4. The number of thiophene rings is 1. The first kappa shape index (κ1) is 12.5. The molecule has 2 rings (SSSR count).